The molecule has 30 heavy (non-hydrogen) atoms. The number of benzene rings is 2. The van der Waals surface area contributed by atoms with Crippen molar-refractivity contribution >= 4 is 5.69 Å². The molecule has 7 heteroatoms. The van der Waals surface area contributed by atoms with Gasteiger partial charge >= 0.3 is 0 Å². The average molecular weight is 399 g/mol. The van der Waals surface area contributed by atoms with Crippen LogP contribution in [0.3, 0.4) is 0 Å². The molecule has 0 radical (unpaired) electrons. The average Bonchev–Trinajstić information content (AvgIpc) is 3.21. The molecular formula is C23H21N5O2. The third-order valence-electron chi connectivity index (χ3n) is 4.80. The molecule has 0 unspecified atom stereocenters. The van der Waals surface area contributed by atoms with Crippen LogP contribution in [0.1, 0.15) is 17.2 Å². The molecular weight excluding hydrogens is 378 g/mol. The molecule has 0 saturated carbocycles. The number of nitro groups is 1. The van der Waals surface area contributed by atoms with Crippen molar-refractivity contribution in [3.63, 3.8) is 0 Å². The first-order valence-corrected chi connectivity index (χ1v) is 9.60. The quantitative estimate of drug-likeness (QED) is 0.360. The van der Waals surface area contributed by atoms with E-state index in [9.17, 15) is 10.1 Å². The fourth-order valence-corrected chi connectivity index (χ4v) is 3.30. The Morgan fingerprint density at radius 2 is 1.83 bits per heavy atom. The van der Waals surface area contributed by atoms with Crippen molar-refractivity contribution in [1.82, 2.24) is 14.8 Å². The summed E-state index contributed by atoms with van der Waals surface area (Å²) in [6.07, 6.45) is 5.26. The summed E-state index contributed by atoms with van der Waals surface area (Å²) in [5.41, 5.74) is 5.03. The molecule has 1 atom stereocenters. The summed E-state index contributed by atoms with van der Waals surface area (Å²) < 4.78 is 1.75. The molecule has 0 aliphatic carbocycles. The van der Waals surface area contributed by atoms with Gasteiger partial charge < -0.3 is 5.32 Å². The Bertz CT molecular complexity index is 1130. The van der Waals surface area contributed by atoms with E-state index in [1.165, 1.54) is 0 Å². The van der Waals surface area contributed by atoms with Crippen LogP contribution in [-0.4, -0.2) is 26.2 Å². The van der Waals surface area contributed by atoms with Gasteiger partial charge in [0.1, 0.15) is 6.04 Å². The van der Waals surface area contributed by atoms with Crippen molar-refractivity contribution in [2.75, 3.05) is 11.9 Å². The Morgan fingerprint density at radius 3 is 2.50 bits per heavy atom. The maximum atomic E-state index is 11.5. The second-order valence-corrected chi connectivity index (χ2v) is 7.03. The molecule has 150 valence electrons. The third-order valence-corrected chi connectivity index (χ3v) is 4.80. The predicted molar refractivity (Wildman–Crippen MR) is 116 cm³/mol. The number of hydrogen-bond donors (Lipinski definition) is 1. The maximum absolute atomic E-state index is 11.5. The van der Waals surface area contributed by atoms with E-state index in [2.05, 4.69) is 10.3 Å². The standard InChI is InChI=1S/C23H21N5O2/c1-17-9-11-19(12-10-17)25-22(16-28(29)30)21-15-27(20-7-3-2-4-8-20)26-23(21)18-6-5-13-24-14-18/h2-15,22,25H,16H2,1H3/t22-/m0/s1. The number of aromatic nitrogens is 3. The van der Waals surface area contributed by atoms with Gasteiger partial charge in [-0.05, 0) is 43.3 Å². The lowest BCUT2D eigenvalue weighted by Gasteiger charge is -2.16. The molecule has 0 bridgehead atoms. The van der Waals surface area contributed by atoms with E-state index in [1.54, 1.807) is 17.1 Å². The van der Waals surface area contributed by atoms with Gasteiger partial charge in [-0.25, -0.2) is 4.68 Å². The SMILES string of the molecule is Cc1ccc(N[C@@H](C[N+](=O)[O-])c2cn(-c3ccccc3)nc2-c2cccnc2)cc1. The highest BCUT2D eigenvalue weighted by Gasteiger charge is 2.25. The summed E-state index contributed by atoms with van der Waals surface area (Å²) in [6.45, 7) is 1.73. The Balaban J connectivity index is 1.80. The van der Waals surface area contributed by atoms with Crippen molar-refractivity contribution in [1.29, 1.82) is 0 Å². The van der Waals surface area contributed by atoms with Gasteiger partial charge in [0.2, 0.25) is 6.54 Å². The predicted octanol–water partition coefficient (Wildman–Crippen LogP) is 4.67. The zero-order valence-electron chi connectivity index (χ0n) is 16.5. The number of pyridine rings is 1. The molecule has 7 nitrogen and oxygen atoms in total. The molecule has 0 spiro atoms. The molecule has 0 aliphatic heterocycles. The molecule has 0 amide bonds. The molecule has 2 aromatic carbocycles. The lowest BCUT2D eigenvalue weighted by Crippen LogP contribution is -2.20. The van der Waals surface area contributed by atoms with Crippen molar-refractivity contribution in [2.45, 2.75) is 13.0 Å². The highest BCUT2D eigenvalue weighted by atomic mass is 16.6. The van der Waals surface area contributed by atoms with Crippen molar-refractivity contribution in [3.05, 3.63) is 107 Å². The Hall–Kier alpha value is -4.00. The van der Waals surface area contributed by atoms with Crippen LogP contribution in [0.5, 0.6) is 0 Å². The zero-order chi connectivity index (χ0) is 20.9. The minimum absolute atomic E-state index is 0.276. The fraction of sp³-hybridized carbons (Fsp3) is 0.130. The fourth-order valence-electron chi connectivity index (χ4n) is 3.30. The van der Waals surface area contributed by atoms with Crippen molar-refractivity contribution in [2.24, 2.45) is 0 Å². The number of rotatable bonds is 7. The first-order valence-electron chi connectivity index (χ1n) is 9.60. The van der Waals surface area contributed by atoms with Crippen LogP contribution in [0.4, 0.5) is 5.69 Å². The van der Waals surface area contributed by atoms with Crippen LogP contribution in [0.25, 0.3) is 16.9 Å². The normalized spacial score (nSPS) is 11.8. The molecule has 4 rings (SSSR count). The Morgan fingerprint density at radius 1 is 1.07 bits per heavy atom. The van der Waals surface area contributed by atoms with Gasteiger partial charge in [0.25, 0.3) is 0 Å². The summed E-state index contributed by atoms with van der Waals surface area (Å²) >= 11 is 0. The van der Waals surface area contributed by atoms with E-state index in [4.69, 9.17) is 5.10 Å². The summed E-state index contributed by atoms with van der Waals surface area (Å²) in [5, 5.41) is 19.5. The van der Waals surface area contributed by atoms with Crippen LogP contribution in [0, 0.1) is 17.0 Å². The number of nitrogens with zero attached hydrogens (tertiary/aromatic N) is 4. The first kappa shape index (κ1) is 19.3. The van der Waals surface area contributed by atoms with Gasteiger partial charge in [0.05, 0.1) is 11.4 Å². The topological polar surface area (TPSA) is 85.9 Å². The van der Waals surface area contributed by atoms with Gasteiger partial charge in [0, 0.05) is 40.3 Å². The van der Waals surface area contributed by atoms with E-state index < -0.39 is 6.04 Å². The number of nitrogens with one attached hydrogen (secondary N) is 1. The Kier molecular flexibility index (Phi) is 5.52. The van der Waals surface area contributed by atoms with E-state index in [0.717, 1.165) is 28.1 Å². The lowest BCUT2D eigenvalue weighted by atomic mass is 10.0. The zero-order valence-corrected chi connectivity index (χ0v) is 16.5. The smallest absolute Gasteiger partial charge is 0.228 e. The summed E-state index contributed by atoms with van der Waals surface area (Å²) in [6, 6.07) is 20.7. The molecule has 0 saturated heterocycles. The monoisotopic (exact) mass is 399 g/mol. The minimum Gasteiger partial charge on any atom is -0.372 e. The maximum Gasteiger partial charge on any atom is 0.228 e. The number of hydrogen-bond acceptors (Lipinski definition) is 5. The van der Waals surface area contributed by atoms with E-state index in [1.807, 2.05) is 79.9 Å². The largest absolute Gasteiger partial charge is 0.372 e. The number of para-hydroxylation sites is 1. The van der Waals surface area contributed by atoms with E-state index in [0.29, 0.717) is 5.69 Å². The van der Waals surface area contributed by atoms with Crippen molar-refractivity contribution in [3.8, 4) is 16.9 Å². The van der Waals surface area contributed by atoms with Gasteiger partial charge in [-0.15, -0.1) is 0 Å². The minimum atomic E-state index is -0.560. The first-order chi connectivity index (χ1) is 14.6. The second-order valence-electron chi connectivity index (χ2n) is 7.03. The van der Waals surface area contributed by atoms with Gasteiger partial charge in [-0.2, -0.15) is 5.10 Å². The second kappa shape index (κ2) is 8.57. The molecule has 0 fully saturated rings. The Labute approximate surface area is 174 Å². The van der Waals surface area contributed by atoms with Crippen LogP contribution < -0.4 is 5.32 Å². The summed E-state index contributed by atoms with van der Waals surface area (Å²) in [4.78, 5) is 15.4. The highest BCUT2D eigenvalue weighted by Crippen LogP contribution is 2.30. The van der Waals surface area contributed by atoms with E-state index in [-0.39, 0.29) is 11.5 Å². The molecule has 4 aromatic rings. The molecule has 1 N–H and O–H groups in total. The number of aryl methyl sites for hydroxylation is 1. The van der Waals surface area contributed by atoms with E-state index >= 15 is 0 Å². The lowest BCUT2D eigenvalue weighted by molar-refractivity contribution is -0.482. The van der Waals surface area contributed by atoms with Crippen LogP contribution >= 0.6 is 0 Å². The van der Waals surface area contributed by atoms with Gasteiger partial charge in [-0.1, -0.05) is 35.9 Å². The van der Waals surface area contributed by atoms with Crippen LogP contribution in [0.15, 0.2) is 85.3 Å². The third kappa shape index (κ3) is 4.35. The van der Waals surface area contributed by atoms with Gasteiger partial charge in [-0.3, -0.25) is 15.1 Å². The molecule has 0 aliphatic rings. The van der Waals surface area contributed by atoms with Gasteiger partial charge in [0.15, 0.2) is 0 Å². The summed E-state index contributed by atoms with van der Waals surface area (Å²) in [7, 11) is 0. The van der Waals surface area contributed by atoms with Crippen LogP contribution in [0.2, 0.25) is 0 Å². The molecule has 2 heterocycles. The highest BCUT2D eigenvalue weighted by molar-refractivity contribution is 5.64. The van der Waals surface area contributed by atoms with Crippen LogP contribution in [-0.2, 0) is 0 Å². The number of anilines is 1. The van der Waals surface area contributed by atoms with Crippen molar-refractivity contribution < 1.29 is 4.92 Å². The summed E-state index contributed by atoms with van der Waals surface area (Å²) in [5.74, 6) is 0. The molecule has 2 aromatic heterocycles.